The van der Waals surface area contributed by atoms with Gasteiger partial charge in [0.1, 0.15) is 12.6 Å². The molecule has 1 spiro atoms. The molecule has 2 amide bonds. The van der Waals surface area contributed by atoms with Crippen LogP contribution in [0.4, 0.5) is 4.79 Å². The number of carboxylic acid groups (broad SMARTS) is 1. The molecular weight excluding hydrogens is 360 g/mol. The fraction of sp³-hybridized carbons (Fsp3) is 0.571. The van der Waals surface area contributed by atoms with Crippen LogP contribution in [0.15, 0.2) is 30.3 Å². The number of esters is 1. The molecule has 3 rings (SSSR count). The number of likely N-dealkylation sites (tertiary alicyclic amines) is 2. The van der Waals surface area contributed by atoms with Crippen LogP contribution < -0.4 is 0 Å². The summed E-state index contributed by atoms with van der Waals surface area (Å²) >= 11 is 0. The van der Waals surface area contributed by atoms with Crippen molar-refractivity contribution in [2.24, 2.45) is 11.3 Å². The van der Waals surface area contributed by atoms with Crippen LogP contribution in [-0.4, -0.2) is 58.6 Å². The van der Waals surface area contributed by atoms with Crippen LogP contribution in [0.3, 0.4) is 0 Å². The third kappa shape index (κ3) is 3.98. The second-order valence-electron chi connectivity index (χ2n) is 8.08. The second-order valence-corrected chi connectivity index (χ2v) is 8.08. The van der Waals surface area contributed by atoms with Gasteiger partial charge in [0.05, 0.1) is 5.41 Å². The molecule has 152 valence electrons. The molecular formula is C21H28N2O5. The zero-order valence-electron chi connectivity index (χ0n) is 16.5. The van der Waals surface area contributed by atoms with Gasteiger partial charge < -0.3 is 19.6 Å². The first kappa shape index (κ1) is 20.2. The average Bonchev–Trinajstić information content (AvgIpc) is 2.97. The van der Waals surface area contributed by atoms with Crippen molar-refractivity contribution in [3.05, 3.63) is 35.9 Å². The summed E-state index contributed by atoms with van der Waals surface area (Å²) in [6.07, 6.45) is 0.743. The Kier molecular flexibility index (Phi) is 5.91. The van der Waals surface area contributed by atoms with Crippen molar-refractivity contribution in [2.45, 2.75) is 45.8 Å². The molecule has 2 heterocycles. The molecule has 2 fully saturated rings. The number of ether oxygens (including phenoxy) is 1. The molecule has 0 unspecified atom stereocenters. The average molecular weight is 388 g/mol. The quantitative estimate of drug-likeness (QED) is 0.784. The van der Waals surface area contributed by atoms with E-state index in [2.05, 4.69) is 0 Å². The van der Waals surface area contributed by atoms with Crippen LogP contribution in [0.1, 0.15) is 38.7 Å². The fourth-order valence-corrected chi connectivity index (χ4v) is 4.28. The fourth-order valence-electron chi connectivity index (χ4n) is 4.28. The van der Waals surface area contributed by atoms with E-state index in [1.54, 1.807) is 4.90 Å². The van der Waals surface area contributed by atoms with Crippen molar-refractivity contribution in [2.75, 3.05) is 19.6 Å². The van der Waals surface area contributed by atoms with Gasteiger partial charge in [0.2, 0.25) is 5.91 Å². The molecule has 1 N–H and O–H groups in total. The van der Waals surface area contributed by atoms with E-state index >= 15 is 0 Å². The minimum atomic E-state index is -0.943. The van der Waals surface area contributed by atoms with E-state index in [-0.39, 0.29) is 24.4 Å². The maximum Gasteiger partial charge on any atom is 0.407 e. The molecule has 1 aromatic rings. The minimum absolute atomic E-state index is 0.0344. The van der Waals surface area contributed by atoms with E-state index in [0.717, 1.165) is 5.56 Å². The van der Waals surface area contributed by atoms with Crippen molar-refractivity contribution in [1.29, 1.82) is 0 Å². The standard InChI is InChI=1S/C21H28N2O5/c1-15(2)17(18(24)28-14-16-6-4-3-5-7-16)23-13-10-21(19(23)25)8-11-22(12-9-21)20(26)27/h3-7,15,17H,8-14H2,1-2H3,(H,26,27)/t17-/m0/s1. The van der Waals surface area contributed by atoms with Gasteiger partial charge in [-0.1, -0.05) is 44.2 Å². The Labute approximate surface area is 165 Å². The Morgan fingerprint density at radius 3 is 2.29 bits per heavy atom. The highest BCUT2D eigenvalue weighted by Gasteiger charge is 2.52. The SMILES string of the molecule is CC(C)[C@@H](C(=O)OCc1ccccc1)N1CCC2(CCN(C(=O)O)CC2)C1=O. The van der Waals surface area contributed by atoms with Gasteiger partial charge in [-0.15, -0.1) is 0 Å². The van der Waals surface area contributed by atoms with Crippen LogP contribution in [0, 0.1) is 11.3 Å². The minimum Gasteiger partial charge on any atom is -0.465 e. The van der Waals surface area contributed by atoms with Crippen molar-refractivity contribution < 1.29 is 24.2 Å². The molecule has 1 atom stereocenters. The normalized spacial score (nSPS) is 19.9. The highest BCUT2D eigenvalue weighted by atomic mass is 16.5. The summed E-state index contributed by atoms with van der Waals surface area (Å²) in [5, 5.41) is 9.14. The third-order valence-electron chi connectivity index (χ3n) is 5.97. The first-order chi connectivity index (χ1) is 13.3. The van der Waals surface area contributed by atoms with E-state index < -0.39 is 17.6 Å². The second kappa shape index (κ2) is 8.20. The predicted molar refractivity (Wildman–Crippen MR) is 102 cm³/mol. The number of nitrogens with zero attached hydrogens (tertiary/aromatic N) is 2. The zero-order valence-corrected chi connectivity index (χ0v) is 16.5. The van der Waals surface area contributed by atoms with Gasteiger partial charge >= 0.3 is 12.1 Å². The number of hydrogen-bond acceptors (Lipinski definition) is 4. The number of amides is 2. The highest BCUT2D eigenvalue weighted by molar-refractivity contribution is 5.90. The van der Waals surface area contributed by atoms with Gasteiger partial charge in [-0.2, -0.15) is 0 Å². The Bertz CT molecular complexity index is 726. The summed E-state index contributed by atoms with van der Waals surface area (Å²) < 4.78 is 5.52. The van der Waals surface area contributed by atoms with Crippen molar-refractivity contribution in [3.8, 4) is 0 Å². The van der Waals surface area contributed by atoms with E-state index in [4.69, 9.17) is 9.84 Å². The summed E-state index contributed by atoms with van der Waals surface area (Å²) in [5.74, 6) is -0.485. The lowest BCUT2D eigenvalue weighted by atomic mass is 9.77. The number of rotatable bonds is 5. The first-order valence-corrected chi connectivity index (χ1v) is 9.83. The molecule has 28 heavy (non-hydrogen) atoms. The van der Waals surface area contributed by atoms with Gasteiger partial charge in [-0.3, -0.25) is 4.79 Å². The van der Waals surface area contributed by atoms with Crippen molar-refractivity contribution in [1.82, 2.24) is 9.80 Å². The molecule has 0 aliphatic carbocycles. The maximum atomic E-state index is 13.2. The van der Waals surface area contributed by atoms with Crippen molar-refractivity contribution >= 4 is 18.0 Å². The van der Waals surface area contributed by atoms with Crippen LogP contribution in [0.5, 0.6) is 0 Å². The topological polar surface area (TPSA) is 87.2 Å². The molecule has 7 nitrogen and oxygen atoms in total. The van der Waals surface area contributed by atoms with Crippen LogP contribution in [0.2, 0.25) is 0 Å². The number of piperidine rings is 1. The summed E-state index contributed by atoms with van der Waals surface area (Å²) in [5.41, 5.74) is 0.363. The molecule has 2 aliphatic heterocycles. The van der Waals surface area contributed by atoms with Gasteiger partial charge in [-0.25, -0.2) is 9.59 Å². The summed E-state index contributed by atoms with van der Waals surface area (Å²) in [4.78, 5) is 40.2. The molecule has 0 bridgehead atoms. The van der Waals surface area contributed by atoms with Crippen LogP contribution >= 0.6 is 0 Å². The van der Waals surface area contributed by atoms with Gasteiger partial charge in [0.15, 0.2) is 0 Å². The summed E-state index contributed by atoms with van der Waals surface area (Å²) in [6, 6.07) is 8.85. The third-order valence-corrected chi connectivity index (χ3v) is 5.97. The Morgan fingerprint density at radius 1 is 1.11 bits per heavy atom. The first-order valence-electron chi connectivity index (χ1n) is 9.83. The molecule has 2 saturated heterocycles. The van der Waals surface area contributed by atoms with Gasteiger partial charge in [-0.05, 0) is 30.7 Å². The Morgan fingerprint density at radius 2 is 1.71 bits per heavy atom. The molecule has 1 aromatic carbocycles. The lowest BCUT2D eigenvalue weighted by Crippen LogP contribution is -2.51. The Balaban J connectivity index is 1.67. The van der Waals surface area contributed by atoms with Crippen LogP contribution in [0.25, 0.3) is 0 Å². The summed E-state index contributed by atoms with van der Waals surface area (Å²) in [6.45, 7) is 5.25. The number of carbonyl (C=O) groups excluding carboxylic acids is 2. The number of benzene rings is 1. The smallest absolute Gasteiger partial charge is 0.407 e. The zero-order chi connectivity index (χ0) is 20.3. The molecule has 2 aliphatic rings. The largest absolute Gasteiger partial charge is 0.465 e. The van der Waals surface area contributed by atoms with Gasteiger partial charge in [0.25, 0.3) is 0 Å². The number of hydrogen-bond donors (Lipinski definition) is 1. The van der Waals surface area contributed by atoms with Gasteiger partial charge in [0, 0.05) is 19.6 Å². The van der Waals surface area contributed by atoms with E-state index in [1.807, 2.05) is 44.2 Å². The van der Waals surface area contributed by atoms with E-state index in [1.165, 1.54) is 4.90 Å². The lowest BCUT2D eigenvalue weighted by molar-refractivity contribution is -0.159. The van der Waals surface area contributed by atoms with E-state index in [9.17, 15) is 14.4 Å². The van der Waals surface area contributed by atoms with E-state index in [0.29, 0.717) is 38.9 Å². The monoisotopic (exact) mass is 388 g/mol. The highest BCUT2D eigenvalue weighted by Crippen LogP contribution is 2.43. The predicted octanol–water partition coefficient (Wildman–Crippen LogP) is 2.75. The van der Waals surface area contributed by atoms with Crippen molar-refractivity contribution in [3.63, 3.8) is 0 Å². The van der Waals surface area contributed by atoms with Crippen LogP contribution in [-0.2, 0) is 20.9 Å². The Hall–Kier alpha value is -2.57. The maximum absolute atomic E-state index is 13.2. The molecule has 0 radical (unpaired) electrons. The molecule has 0 aromatic heterocycles. The molecule has 7 heteroatoms. The molecule has 0 saturated carbocycles. The lowest BCUT2D eigenvalue weighted by Gasteiger charge is -2.37. The number of carbonyl (C=O) groups is 3. The summed E-state index contributed by atoms with van der Waals surface area (Å²) in [7, 11) is 0.